The van der Waals surface area contributed by atoms with Crippen LogP contribution in [0.15, 0.2) is 27.4 Å². The van der Waals surface area contributed by atoms with Crippen LogP contribution in [0, 0.1) is 0 Å². The number of nitrogens with zero attached hydrogens (tertiary/aromatic N) is 1. The molecule has 0 radical (unpaired) electrons. The molecule has 0 bridgehead atoms. The summed E-state index contributed by atoms with van der Waals surface area (Å²) in [6.07, 6.45) is 5.37. The average Bonchev–Trinajstić information content (AvgIpc) is 2.46. The standard InChI is InChI=1S/C16H22N2O2/c1-3-5-7-12-8-9-14-13(11-12)15(19)20-16(18-14)17-10-6-4-2/h8-9,11H,3-7,10H2,1-2H3,(H,17,18). The van der Waals surface area contributed by atoms with E-state index >= 15 is 0 Å². The molecule has 0 fully saturated rings. The smallest absolute Gasteiger partial charge is 0.348 e. The monoisotopic (exact) mass is 274 g/mol. The molecular formula is C16H22N2O2. The van der Waals surface area contributed by atoms with Crippen LogP contribution in [0.1, 0.15) is 45.1 Å². The van der Waals surface area contributed by atoms with E-state index in [1.54, 1.807) is 0 Å². The average molecular weight is 274 g/mol. The molecule has 0 spiro atoms. The molecule has 4 nitrogen and oxygen atoms in total. The van der Waals surface area contributed by atoms with Crippen molar-refractivity contribution in [2.24, 2.45) is 0 Å². The van der Waals surface area contributed by atoms with Crippen molar-refractivity contribution in [3.63, 3.8) is 0 Å². The first-order valence-corrected chi connectivity index (χ1v) is 7.42. The topological polar surface area (TPSA) is 55.1 Å². The molecule has 0 saturated heterocycles. The molecule has 1 heterocycles. The molecule has 0 aliphatic carbocycles. The van der Waals surface area contributed by atoms with Crippen LogP contribution in [0.3, 0.4) is 0 Å². The van der Waals surface area contributed by atoms with Gasteiger partial charge < -0.3 is 9.73 Å². The Balaban J connectivity index is 2.25. The first kappa shape index (κ1) is 14.6. The molecule has 2 aromatic rings. The van der Waals surface area contributed by atoms with Crippen LogP contribution < -0.4 is 10.9 Å². The van der Waals surface area contributed by atoms with Crippen molar-refractivity contribution in [2.45, 2.75) is 46.0 Å². The fourth-order valence-electron chi connectivity index (χ4n) is 2.10. The Bertz CT molecular complexity index is 619. The van der Waals surface area contributed by atoms with E-state index in [2.05, 4.69) is 24.1 Å². The van der Waals surface area contributed by atoms with Gasteiger partial charge in [-0.2, -0.15) is 4.98 Å². The summed E-state index contributed by atoms with van der Waals surface area (Å²) in [6.45, 7) is 5.04. The summed E-state index contributed by atoms with van der Waals surface area (Å²) in [7, 11) is 0. The molecule has 0 unspecified atom stereocenters. The molecule has 0 aliphatic heterocycles. The third kappa shape index (κ3) is 3.59. The van der Waals surface area contributed by atoms with Gasteiger partial charge in [-0.15, -0.1) is 0 Å². The highest BCUT2D eigenvalue weighted by Gasteiger charge is 2.06. The first-order valence-electron chi connectivity index (χ1n) is 7.42. The van der Waals surface area contributed by atoms with Crippen molar-refractivity contribution in [3.8, 4) is 0 Å². The summed E-state index contributed by atoms with van der Waals surface area (Å²) in [5.41, 5.74) is 1.55. The van der Waals surface area contributed by atoms with Gasteiger partial charge >= 0.3 is 5.63 Å². The summed E-state index contributed by atoms with van der Waals surface area (Å²) in [5, 5.41) is 3.62. The third-order valence-corrected chi connectivity index (χ3v) is 3.32. The van der Waals surface area contributed by atoms with Gasteiger partial charge in [0, 0.05) is 6.54 Å². The van der Waals surface area contributed by atoms with Crippen LogP contribution in [0.5, 0.6) is 0 Å². The third-order valence-electron chi connectivity index (χ3n) is 3.32. The Morgan fingerprint density at radius 3 is 2.75 bits per heavy atom. The van der Waals surface area contributed by atoms with Gasteiger partial charge in [-0.05, 0) is 37.0 Å². The van der Waals surface area contributed by atoms with Crippen molar-refractivity contribution in [3.05, 3.63) is 34.2 Å². The summed E-state index contributed by atoms with van der Waals surface area (Å²) in [6, 6.07) is 6.17. The van der Waals surface area contributed by atoms with E-state index in [-0.39, 0.29) is 5.63 Å². The fourth-order valence-corrected chi connectivity index (χ4v) is 2.10. The maximum atomic E-state index is 12.0. The molecular weight excluding hydrogens is 252 g/mol. The van der Waals surface area contributed by atoms with E-state index in [1.165, 1.54) is 5.56 Å². The molecule has 2 rings (SSSR count). The Morgan fingerprint density at radius 2 is 2.00 bits per heavy atom. The predicted octanol–water partition coefficient (Wildman–Crippen LogP) is 3.74. The Hall–Kier alpha value is -1.84. The lowest BCUT2D eigenvalue weighted by molar-refractivity contribution is 0.515. The Morgan fingerprint density at radius 1 is 1.20 bits per heavy atom. The molecule has 108 valence electrons. The highest BCUT2D eigenvalue weighted by Crippen LogP contribution is 2.15. The number of fused-ring (bicyclic) bond motifs is 1. The van der Waals surface area contributed by atoms with Crippen LogP contribution in [-0.4, -0.2) is 11.5 Å². The van der Waals surface area contributed by atoms with Crippen LogP contribution in [0.2, 0.25) is 0 Å². The number of hydrogen-bond donors (Lipinski definition) is 1. The van der Waals surface area contributed by atoms with E-state index in [0.29, 0.717) is 16.9 Å². The van der Waals surface area contributed by atoms with Crippen molar-refractivity contribution in [1.29, 1.82) is 0 Å². The number of rotatable bonds is 7. The molecule has 20 heavy (non-hydrogen) atoms. The van der Waals surface area contributed by atoms with Gasteiger partial charge in [0.15, 0.2) is 0 Å². The predicted molar refractivity (Wildman–Crippen MR) is 82.3 cm³/mol. The highest BCUT2D eigenvalue weighted by atomic mass is 16.4. The lowest BCUT2D eigenvalue weighted by Crippen LogP contribution is -2.09. The minimum atomic E-state index is -0.313. The minimum absolute atomic E-state index is 0.313. The summed E-state index contributed by atoms with van der Waals surface area (Å²) in [5.74, 6) is 0. The maximum absolute atomic E-state index is 12.0. The van der Waals surface area contributed by atoms with Gasteiger partial charge in [-0.25, -0.2) is 4.79 Å². The second-order valence-electron chi connectivity index (χ2n) is 5.04. The number of aromatic nitrogens is 1. The Kier molecular flexibility index (Phi) is 5.16. The zero-order valence-corrected chi connectivity index (χ0v) is 12.2. The molecule has 0 aliphatic rings. The van der Waals surface area contributed by atoms with E-state index in [9.17, 15) is 4.79 Å². The van der Waals surface area contributed by atoms with Crippen LogP contribution in [0.25, 0.3) is 10.9 Å². The van der Waals surface area contributed by atoms with E-state index in [4.69, 9.17) is 4.42 Å². The largest absolute Gasteiger partial charge is 0.389 e. The minimum Gasteiger partial charge on any atom is -0.389 e. The van der Waals surface area contributed by atoms with Gasteiger partial charge in [0.2, 0.25) is 0 Å². The van der Waals surface area contributed by atoms with E-state index in [1.807, 2.05) is 18.2 Å². The number of hydrogen-bond acceptors (Lipinski definition) is 4. The van der Waals surface area contributed by atoms with Crippen molar-refractivity contribution in [1.82, 2.24) is 4.98 Å². The van der Waals surface area contributed by atoms with Gasteiger partial charge in [0.05, 0.1) is 10.9 Å². The summed E-state index contributed by atoms with van der Waals surface area (Å²) in [4.78, 5) is 16.4. The number of nitrogens with one attached hydrogen (secondary N) is 1. The SMILES string of the molecule is CCCCNc1nc2ccc(CCCC)cc2c(=O)o1. The quantitative estimate of drug-likeness (QED) is 0.781. The van der Waals surface area contributed by atoms with Gasteiger partial charge in [0.25, 0.3) is 6.01 Å². The van der Waals surface area contributed by atoms with E-state index in [0.717, 1.165) is 38.6 Å². The van der Waals surface area contributed by atoms with Gasteiger partial charge in [0.1, 0.15) is 0 Å². The zero-order chi connectivity index (χ0) is 14.4. The second kappa shape index (κ2) is 7.08. The maximum Gasteiger partial charge on any atom is 0.348 e. The number of anilines is 1. The van der Waals surface area contributed by atoms with Crippen molar-refractivity contribution < 1.29 is 4.42 Å². The molecule has 0 amide bonds. The normalized spacial score (nSPS) is 10.9. The molecule has 1 aromatic carbocycles. The van der Waals surface area contributed by atoms with Gasteiger partial charge in [-0.3, -0.25) is 0 Å². The fraction of sp³-hybridized carbons (Fsp3) is 0.500. The van der Waals surface area contributed by atoms with Crippen molar-refractivity contribution in [2.75, 3.05) is 11.9 Å². The lowest BCUT2D eigenvalue weighted by Gasteiger charge is -2.05. The second-order valence-corrected chi connectivity index (χ2v) is 5.04. The highest BCUT2D eigenvalue weighted by molar-refractivity contribution is 5.78. The van der Waals surface area contributed by atoms with Crippen LogP contribution in [-0.2, 0) is 6.42 Å². The lowest BCUT2D eigenvalue weighted by atomic mass is 10.1. The van der Waals surface area contributed by atoms with Crippen LogP contribution in [0.4, 0.5) is 6.01 Å². The first-order chi connectivity index (χ1) is 9.74. The molecule has 0 atom stereocenters. The number of aryl methyl sites for hydroxylation is 1. The van der Waals surface area contributed by atoms with Gasteiger partial charge in [-0.1, -0.05) is 32.8 Å². The molecule has 0 saturated carbocycles. The molecule has 4 heteroatoms. The van der Waals surface area contributed by atoms with Crippen LogP contribution >= 0.6 is 0 Å². The zero-order valence-electron chi connectivity index (χ0n) is 12.2. The van der Waals surface area contributed by atoms with Crippen molar-refractivity contribution >= 4 is 16.9 Å². The molecule has 1 aromatic heterocycles. The van der Waals surface area contributed by atoms with E-state index < -0.39 is 0 Å². The molecule has 1 N–H and O–H groups in total. The summed E-state index contributed by atoms with van der Waals surface area (Å²) >= 11 is 0. The number of unbranched alkanes of at least 4 members (excludes halogenated alkanes) is 2. The summed E-state index contributed by atoms with van der Waals surface area (Å²) < 4.78 is 5.22. The number of benzene rings is 1. The Labute approximate surface area is 119 Å².